The van der Waals surface area contributed by atoms with Gasteiger partial charge < -0.3 is 20.4 Å². The molecule has 32 heavy (non-hydrogen) atoms. The number of aryl methyl sites for hydroxylation is 2. The van der Waals surface area contributed by atoms with Gasteiger partial charge in [-0.1, -0.05) is 12.1 Å². The van der Waals surface area contributed by atoms with Gasteiger partial charge in [-0.15, -0.1) is 0 Å². The number of aromatic nitrogens is 1. The first kappa shape index (κ1) is 22.7. The van der Waals surface area contributed by atoms with E-state index in [1.165, 1.54) is 36.4 Å². The minimum Gasteiger partial charge on any atom is -0.454 e. The Bertz CT molecular complexity index is 1140. The van der Waals surface area contributed by atoms with Crippen LogP contribution in [0.25, 0.3) is 0 Å². The van der Waals surface area contributed by atoms with Crippen LogP contribution in [0.15, 0.2) is 54.6 Å². The van der Waals surface area contributed by atoms with Crippen molar-refractivity contribution in [2.24, 2.45) is 5.73 Å². The predicted molar refractivity (Wildman–Crippen MR) is 118 cm³/mol. The molecule has 2 amide bonds. The van der Waals surface area contributed by atoms with Gasteiger partial charge in [-0.05, 0) is 68.3 Å². The summed E-state index contributed by atoms with van der Waals surface area (Å²) in [6.07, 6.45) is 0.694. The predicted octanol–water partition coefficient (Wildman–Crippen LogP) is 4.02. The average molecular weight is 437 g/mol. The molecule has 0 atom stereocenters. The second-order valence-electron chi connectivity index (χ2n) is 7.38. The summed E-state index contributed by atoms with van der Waals surface area (Å²) in [6.45, 7) is 4.00. The molecule has 3 N–H and O–H groups in total. The number of primary amides is 1. The van der Waals surface area contributed by atoms with E-state index in [1.54, 1.807) is 18.2 Å². The Morgan fingerprint density at radius 1 is 1.03 bits per heavy atom. The molecule has 0 saturated heterocycles. The molecule has 0 aliphatic rings. The number of nitrogens with zero attached hydrogens (tertiary/aromatic N) is 1. The van der Waals surface area contributed by atoms with Crippen molar-refractivity contribution in [3.05, 3.63) is 88.5 Å². The SMILES string of the molecule is Cc1cc(C(=O)COC(=O)c2ccc(NC(N)=O)cc2)c(C)n1CCc1ccc(F)cc1. The van der Waals surface area contributed by atoms with E-state index in [0.717, 1.165) is 17.0 Å². The van der Waals surface area contributed by atoms with E-state index in [-0.39, 0.29) is 23.8 Å². The molecule has 3 rings (SSSR count). The topological polar surface area (TPSA) is 103 Å². The Kier molecular flexibility index (Phi) is 7.04. The maximum atomic E-state index is 13.1. The van der Waals surface area contributed by atoms with E-state index in [1.807, 2.05) is 18.4 Å². The van der Waals surface area contributed by atoms with Crippen LogP contribution in [0.1, 0.15) is 37.7 Å². The lowest BCUT2D eigenvalue weighted by molar-refractivity contribution is 0.0474. The van der Waals surface area contributed by atoms with Gasteiger partial charge in [0.25, 0.3) is 0 Å². The van der Waals surface area contributed by atoms with E-state index in [9.17, 15) is 18.8 Å². The number of amides is 2. The van der Waals surface area contributed by atoms with E-state index in [4.69, 9.17) is 10.5 Å². The van der Waals surface area contributed by atoms with Crippen molar-refractivity contribution in [1.82, 2.24) is 4.57 Å². The van der Waals surface area contributed by atoms with Crippen LogP contribution in [0, 0.1) is 19.7 Å². The summed E-state index contributed by atoms with van der Waals surface area (Å²) in [6, 6.07) is 13.4. The van der Waals surface area contributed by atoms with Crippen LogP contribution in [0.2, 0.25) is 0 Å². The highest BCUT2D eigenvalue weighted by atomic mass is 19.1. The lowest BCUT2D eigenvalue weighted by atomic mass is 10.1. The van der Waals surface area contributed by atoms with Crippen molar-refractivity contribution < 1.29 is 23.5 Å². The third-order valence-corrected chi connectivity index (χ3v) is 5.13. The maximum absolute atomic E-state index is 13.1. The number of ether oxygens (including phenoxy) is 1. The Balaban J connectivity index is 1.60. The molecule has 8 heteroatoms. The number of ketones is 1. The van der Waals surface area contributed by atoms with Gasteiger partial charge in [-0.25, -0.2) is 14.0 Å². The molecule has 7 nitrogen and oxygen atoms in total. The summed E-state index contributed by atoms with van der Waals surface area (Å²) in [4.78, 5) is 35.7. The van der Waals surface area contributed by atoms with Crippen LogP contribution < -0.4 is 11.1 Å². The number of carbonyl (C=O) groups excluding carboxylic acids is 3. The van der Waals surface area contributed by atoms with Crippen molar-refractivity contribution in [2.45, 2.75) is 26.8 Å². The number of Topliss-reactive ketones (excluding diaryl/α,β-unsaturated/α-hetero) is 1. The standard InChI is InChI=1S/C24H24FN3O4/c1-15-13-21(16(2)28(15)12-11-17-3-7-19(25)8-4-17)22(29)14-32-23(30)18-5-9-20(10-6-18)27-24(26)31/h3-10,13H,11-12,14H2,1-2H3,(H3,26,27,31). The summed E-state index contributed by atoms with van der Waals surface area (Å²) in [5.74, 6) is -1.22. The molecule has 1 heterocycles. The minimum absolute atomic E-state index is 0.248. The minimum atomic E-state index is -0.707. The van der Waals surface area contributed by atoms with E-state index < -0.39 is 12.0 Å². The third kappa shape index (κ3) is 5.60. The normalized spacial score (nSPS) is 10.6. The highest BCUT2D eigenvalue weighted by Crippen LogP contribution is 2.18. The maximum Gasteiger partial charge on any atom is 0.338 e. The van der Waals surface area contributed by atoms with Crippen LogP contribution >= 0.6 is 0 Å². The first-order valence-electron chi connectivity index (χ1n) is 10.0. The number of hydrogen-bond acceptors (Lipinski definition) is 4. The lowest BCUT2D eigenvalue weighted by Gasteiger charge is -2.10. The summed E-state index contributed by atoms with van der Waals surface area (Å²) in [5.41, 5.74) is 8.93. The van der Waals surface area contributed by atoms with Crippen LogP contribution in [0.4, 0.5) is 14.9 Å². The fraction of sp³-hybridized carbons (Fsp3) is 0.208. The van der Waals surface area contributed by atoms with Gasteiger partial charge in [0.1, 0.15) is 5.82 Å². The first-order valence-corrected chi connectivity index (χ1v) is 10.0. The Hall–Kier alpha value is -3.94. The van der Waals surface area contributed by atoms with Crippen molar-refractivity contribution in [1.29, 1.82) is 0 Å². The van der Waals surface area contributed by atoms with Gasteiger partial charge in [0, 0.05) is 29.2 Å². The number of nitrogens with one attached hydrogen (secondary N) is 1. The van der Waals surface area contributed by atoms with Gasteiger partial charge in [0.2, 0.25) is 5.78 Å². The Morgan fingerprint density at radius 3 is 2.31 bits per heavy atom. The van der Waals surface area contributed by atoms with E-state index in [0.29, 0.717) is 24.2 Å². The Labute approximate surface area is 185 Å². The third-order valence-electron chi connectivity index (χ3n) is 5.13. The molecule has 0 unspecified atom stereocenters. The number of esters is 1. The quantitative estimate of drug-likeness (QED) is 0.410. The smallest absolute Gasteiger partial charge is 0.338 e. The number of halogens is 1. The molecule has 0 fully saturated rings. The van der Waals surface area contributed by atoms with Gasteiger partial charge in [0.15, 0.2) is 6.61 Å². The largest absolute Gasteiger partial charge is 0.454 e. The molecule has 166 valence electrons. The zero-order chi connectivity index (χ0) is 23.3. The number of anilines is 1. The molecule has 3 aromatic rings. The van der Waals surface area contributed by atoms with Crippen LogP contribution in [-0.4, -0.2) is 29.0 Å². The van der Waals surface area contributed by atoms with Crippen LogP contribution in [0.5, 0.6) is 0 Å². The van der Waals surface area contributed by atoms with Crippen molar-refractivity contribution >= 4 is 23.5 Å². The average Bonchev–Trinajstić information content (AvgIpc) is 3.05. The van der Waals surface area contributed by atoms with Crippen LogP contribution in [-0.2, 0) is 17.7 Å². The lowest BCUT2D eigenvalue weighted by Crippen LogP contribution is -2.19. The van der Waals surface area contributed by atoms with Gasteiger partial charge >= 0.3 is 12.0 Å². The molecule has 0 bridgehead atoms. The van der Waals surface area contributed by atoms with Gasteiger partial charge in [0.05, 0.1) is 5.56 Å². The second kappa shape index (κ2) is 9.91. The fourth-order valence-corrected chi connectivity index (χ4v) is 3.44. The number of nitrogens with two attached hydrogens (primary N) is 1. The van der Waals surface area contributed by atoms with Gasteiger partial charge in [-0.2, -0.15) is 0 Å². The van der Waals surface area contributed by atoms with Crippen molar-refractivity contribution in [3.8, 4) is 0 Å². The molecule has 1 aromatic heterocycles. The number of rotatable bonds is 8. The molecule has 0 saturated carbocycles. The van der Waals surface area contributed by atoms with Crippen molar-refractivity contribution in [3.63, 3.8) is 0 Å². The number of urea groups is 1. The number of carbonyl (C=O) groups is 3. The van der Waals surface area contributed by atoms with Crippen LogP contribution in [0.3, 0.4) is 0 Å². The molecule has 0 radical (unpaired) electrons. The van der Waals surface area contributed by atoms with E-state index in [2.05, 4.69) is 5.32 Å². The summed E-state index contributed by atoms with van der Waals surface area (Å²) < 4.78 is 20.3. The zero-order valence-electron chi connectivity index (χ0n) is 17.9. The molecule has 2 aromatic carbocycles. The van der Waals surface area contributed by atoms with Gasteiger partial charge in [-0.3, -0.25) is 4.79 Å². The first-order chi connectivity index (χ1) is 15.2. The summed E-state index contributed by atoms with van der Waals surface area (Å²) in [7, 11) is 0. The fourth-order valence-electron chi connectivity index (χ4n) is 3.44. The monoisotopic (exact) mass is 437 g/mol. The molecule has 0 aliphatic carbocycles. The molecular formula is C24H24FN3O4. The number of benzene rings is 2. The number of hydrogen-bond donors (Lipinski definition) is 2. The van der Waals surface area contributed by atoms with E-state index >= 15 is 0 Å². The highest BCUT2D eigenvalue weighted by Gasteiger charge is 2.18. The Morgan fingerprint density at radius 2 is 1.69 bits per heavy atom. The second-order valence-corrected chi connectivity index (χ2v) is 7.38. The molecular weight excluding hydrogens is 413 g/mol. The molecule has 0 spiro atoms. The molecule has 0 aliphatic heterocycles. The summed E-state index contributed by atoms with van der Waals surface area (Å²) in [5, 5.41) is 2.39. The van der Waals surface area contributed by atoms with Crippen molar-refractivity contribution in [2.75, 3.05) is 11.9 Å². The summed E-state index contributed by atoms with van der Waals surface area (Å²) >= 11 is 0. The zero-order valence-corrected chi connectivity index (χ0v) is 17.9. The highest BCUT2D eigenvalue weighted by molar-refractivity contribution is 6.00.